The van der Waals surface area contributed by atoms with Gasteiger partial charge in [0.2, 0.25) is 0 Å². The molecule has 0 unspecified atom stereocenters. The molecule has 2 N–H and O–H groups in total. The van der Waals surface area contributed by atoms with Crippen molar-refractivity contribution in [2.45, 2.75) is 13.3 Å². The number of hydrogen-bond donors (Lipinski definition) is 1. The lowest BCUT2D eigenvalue weighted by molar-refractivity contribution is 0.0587. The molecule has 6 nitrogen and oxygen atoms in total. The first-order chi connectivity index (χ1) is 10.6. The van der Waals surface area contributed by atoms with Gasteiger partial charge in [-0.05, 0) is 18.1 Å². The Hall–Kier alpha value is -2.76. The van der Waals surface area contributed by atoms with Crippen molar-refractivity contribution in [3.05, 3.63) is 53.3 Å². The quantitative estimate of drug-likeness (QED) is 0.877. The van der Waals surface area contributed by atoms with E-state index in [0.717, 1.165) is 10.1 Å². The number of hydrogen-bond acceptors (Lipinski definition) is 5. The molecule has 0 spiro atoms. The van der Waals surface area contributed by atoms with E-state index in [-0.39, 0.29) is 18.0 Å². The van der Waals surface area contributed by atoms with Crippen molar-refractivity contribution in [1.82, 2.24) is 4.57 Å². The van der Waals surface area contributed by atoms with E-state index in [1.165, 1.54) is 13.3 Å². The van der Waals surface area contributed by atoms with Crippen LogP contribution in [0.15, 0.2) is 36.5 Å². The van der Waals surface area contributed by atoms with Crippen molar-refractivity contribution in [2.75, 3.05) is 19.5 Å². The number of carbonyl (C=O) groups is 2. The SMILES string of the molecule is CCOC(=O)n1cc(Cc2ccccc2)c(N)c1C(=O)OC. The summed E-state index contributed by atoms with van der Waals surface area (Å²) in [4.78, 5) is 23.9. The molecule has 0 saturated heterocycles. The van der Waals surface area contributed by atoms with E-state index in [2.05, 4.69) is 0 Å². The first kappa shape index (κ1) is 15.6. The Bertz CT molecular complexity index is 677. The Kier molecular flexibility index (Phi) is 4.83. The van der Waals surface area contributed by atoms with E-state index in [9.17, 15) is 9.59 Å². The van der Waals surface area contributed by atoms with Crippen LogP contribution in [0.4, 0.5) is 10.5 Å². The number of aromatic nitrogens is 1. The Morgan fingerprint density at radius 1 is 1.23 bits per heavy atom. The largest absolute Gasteiger partial charge is 0.464 e. The topological polar surface area (TPSA) is 83.5 Å². The normalized spacial score (nSPS) is 10.3. The Labute approximate surface area is 128 Å². The van der Waals surface area contributed by atoms with E-state index in [1.807, 2.05) is 30.3 Å². The zero-order valence-corrected chi connectivity index (χ0v) is 12.5. The van der Waals surface area contributed by atoms with E-state index < -0.39 is 12.1 Å². The van der Waals surface area contributed by atoms with E-state index in [4.69, 9.17) is 15.2 Å². The van der Waals surface area contributed by atoms with Crippen molar-refractivity contribution in [3.63, 3.8) is 0 Å². The molecule has 2 rings (SSSR count). The molecule has 22 heavy (non-hydrogen) atoms. The molecule has 0 atom stereocenters. The van der Waals surface area contributed by atoms with Gasteiger partial charge in [-0.2, -0.15) is 0 Å². The van der Waals surface area contributed by atoms with Crippen LogP contribution in [0.2, 0.25) is 0 Å². The highest BCUT2D eigenvalue weighted by molar-refractivity contribution is 5.98. The van der Waals surface area contributed by atoms with E-state index in [1.54, 1.807) is 6.92 Å². The molecule has 0 aliphatic carbocycles. The zero-order valence-electron chi connectivity index (χ0n) is 12.5. The lowest BCUT2D eigenvalue weighted by atomic mass is 10.1. The third kappa shape index (κ3) is 3.11. The van der Waals surface area contributed by atoms with Gasteiger partial charge in [-0.1, -0.05) is 30.3 Å². The summed E-state index contributed by atoms with van der Waals surface area (Å²) in [5.74, 6) is -0.676. The van der Waals surface area contributed by atoms with Crippen LogP contribution >= 0.6 is 0 Å². The molecular formula is C16H18N2O4. The molecular weight excluding hydrogens is 284 g/mol. The van der Waals surface area contributed by atoms with E-state index >= 15 is 0 Å². The fourth-order valence-corrected chi connectivity index (χ4v) is 2.17. The van der Waals surface area contributed by atoms with Crippen LogP contribution < -0.4 is 5.73 Å². The van der Waals surface area contributed by atoms with Gasteiger partial charge < -0.3 is 15.2 Å². The summed E-state index contributed by atoms with van der Waals surface area (Å²) in [5.41, 5.74) is 7.94. The van der Waals surface area contributed by atoms with Gasteiger partial charge in [0.25, 0.3) is 0 Å². The summed E-state index contributed by atoms with van der Waals surface area (Å²) >= 11 is 0. The molecule has 2 aromatic rings. The van der Waals surface area contributed by atoms with Gasteiger partial charge in [-0.3, -0.25) is 0 Å². The third-order valence-electron chi connectivity index (χ3n) is 3.21. The Balaban J connectivity index is 2.43. The second kappa shape index (κ2) is 6.80. The smallest absolute Gasteiger partial charge is 0.418 e. The fraction of sp³-hybridized carbons (Fsp3) is 0.250. The number of rotatable bonds is 4. The van der Waals surface area contributed by atoms with Crippen molar-refractivity contribution in [1.29, 1.82) is 0 Å². The molecule has 0 bridgehead atoms. The molecule has 1 heterocycles. The van der Waals surface area contributed by atoms with Crippen molar-refractivity contribution < 1.29 is 19.1 Å². The molecule has 116 valence electrons. The standard InChI is InChI=1S/C16H18N2O4/c1-3-22-16(20)18-10-12(9-11-7-5-4-6-8-11)13(17)14(18)15(19)21-2/h4-8,10H,3,9,17H2,1-2H3. The first-order valence-corrected chi connectivity index (χ1v) is 6.87. The van der Waals surface area contributed by atoms with Gasteiger partial charge in [-0.25, -0.2) is 14.2 Å². The molecule has 1 aromatic carbocycles. The highest BCUT2D eigenvalue weighted by Gasteiger charge is 2.24. The summed E-state index contributed by atoms with van der Waals surface area (Å²) in [6.45, 7) is 1.89. The number of ether oxygens (including phenoxy) is 2. The average molecular weight is 302 g/mol. The van der Waals surface area contributed by atoms with Gasteiger partial charge in [0.15, 0.2) is 5.69 Å². The maximum atomic E-state index is 12.0. The molecule has 0 aliphatic rings. The minimum Gasteiger partial charge on any atom is -0.464 e. The molecule has 6 heteroatoms. The lowest BCUT2D eigenvalue weighted by Gasteiger charge is -2.06. The third-order valence-corrected chi connectivity index (χ3v) is 3.21. The van der Waals surface area contributed by atoms with Gasteiger partial charge >= 0.3 is 12.1 Å². The molecule has 0 amide bonds. The molecule has 0 saturated carbocycles. The number of anilines is 1. The zero-order chi connectivity index (χ0) is 16.1. The summed E-state index contributed by atoms with van der Waals surface area (Å²) < 4.78 is 10.7. The van der Waals surface area contributed by atoms with Crippen LogP contribution in [0.3, 0.4) is 0 Å². The minimum absolute atomic E-state index is 0.00752. The second-order valence-electron chi connectivity index (χ2n) is 4.64. The fourth-order valence-electron chi connectivity index (χ4n) is 2.17. The van der Waals surface area contributed by atoms with Crippen LogP contribution in [0.1, 0.15) is 28.5 Å². The van der Waals surface area contributed by atoms with Crippen molar-refractivity contribution >= 4 is 17.7 Å². The number of nitrogens with two attached hydrogens (primary N) is 1. The summed E-state index contributed by atoms with van der Waals surface area (Å²) in [6, 6.07) is 9.62. The second-order valence-corrected chi connectivity index (χ2v) is 4.64. The highest BCUT2D eigenvalue weighted by atomic mass is 16.6. The maximum Gasteiger partial charge on any atom is 0.418 e. The number of carbonyl (C=O) groups excluding carboxylic acids is 2. The molecule has 0 radical (unpaired) electrons. The average Bonchev–Trinajstić information content (AvgIpc) is 2.85. The number of esters is 1. The van der Waals surface area contributed by atoms with Crippen LogP contribution in [-0.2, 0) is 15.9 Å². The summed E-state index contributed by atoms with van der Waals surface area (Å²) in [5, 5.41) is 0. The molecule has 0 fully saturated rings. The van der Waals surface area contributed by atoms with Crippen LogP contribution in [-0.4, -0.2) is 30.3 Å². The van der Waals surface area contributed by atoms with Gasteiger partial charge in [-0.15, -0.1) is 0 Å². The van der Waals surface area contributed by atoms with Crippen LogP contribution in [0.25, 0.3) is 0 Å². The molecule has 0 aliphatic heterocycles. The maximum absolute atomic E-state index is 12.0. The predicted octanol–water partition coefficient (Wildman–Crippen LogP) is 2.45. The molecule has 1 aromatic heterocycles. The highest BCUT2D eigenvalue weighted by Crippen LogP contribution is 2.24. The van der Waals surface area contributed by atoms with Gasteiger partial charge in [0.1, 0.15) is 0 Å². The van der Waals surface area contributed by atoms with E-state index in [0.29, 0.717) is 12.0 Å². The van der Waals surface area contributed by atoms with Crippen molar-refractivity contribution in [2.24, 2.45) is 0 Å². The summed E-state index contributed by atoms with van der Waals surface area (Å²) in [7, 11) is 1.24. The monoisotopic (exact) mass is 302 g/mol. The van der Waals surface area contributed by atoms with Crippen molar-refractivity contribution in [3.8, 4) is 0 Å². The number of nitrogen functional groups attached to an aromatic ring is 1. The van der Waals surface area contributed by atoms with Gasteiger partial charge in [0, 0.05) is 12.6 Å². The van der Waals surface area contributed by atoms with Gasteiger partial charge in [0.05, 0.1) is 19.4 Å². The Morgan fingerprint density at radius 3 is 2.50 bits per heavy atom. The van der Waals surface area contributed by atoms with Crippen LogP contribution in [0, 0.1) is 0 Å². The predicted molar refractivity (Wildman–Crippen MR) is 81.9 cm³/mol. The summed E-state index contributed by atoms with van der Waals surface area (Å²) in [6.07, 6.45) is 1.37. The van der Waals surface area contributed by atoms with Crippen LogP contribution in [0.5, 0.6) is 0 Å². The Morgan fingerprint density at radius 2 is 1.91 bits per heavy atom. The number of nitrogens with zero attached hydrogens (tertiary/aromatic N) is 1. The minimum atomic E-state index is -0.676. The lowest BCUT2D eigenvalue weighted by Crippen LogP contribution is -2.19. The number of methoxy groups -OCH3 is 1. The number of benzene rings is 1. The first-order valence-electron chi connectivity index (χ1n) is 6.87.